The fourth-order valence-corrected chi connectivity index (χ4v) is 3.63. The SMILES string of the molecule is Cc1ccc(Cl)cc1N(CCCC(=O)Nc1ccccc1)S(C)(=O)=O. The molecule has 0 aliphatic rings. The smallest absolute Gasteiger partial charge is 0.232 e. The van der Waals surface area contributed by atoms with Gasteiger partial charge in [-0.2, -0.15) is 0 Å². The number of halogens is 1. The lowest BCUT2D eigenvalue weighted by Crippen LogP contribution is -2.32. The second-order valence-corrected chi connectivity index (χ2v) is 8.13. The quantitative estimate of drug-likeness (QED) is 0.793. The Labute approximate surface area is 153 Å². The molecular weight excluding hydrogens is 360 g/mol. The van der Waals surface area contributed by atoms with Crippen LogP contribution in [0.3, 0.4) is 0 Å². The highest BCUT2D eigenvalue weighted by molar-refractivity contribution is 7.92. The van der Waals surface area contributed by atoms with Crippen molar-refractivity contribution in [1.82, 2.24) is 0 Å². The molecule has 0 heterocycles. The molecule has 0 bridgehead atoms. The number of nitrogens with zero attached hydrogens (tertiary/aromatic N) is 1. The van der Waals surface area contributed by atoms with E-state index >= 15 is 0 Å². The summed E-state index contributed by atoms with van der Waals surface area (Å²) in [5.41, 5.74) is 2.07. The number of carbonyl (C=O) groups is 1. The average Bonchev–Trinajstić information content (AvgIpc) is 2.54. The predicted octanol–water partition coefficient (Wildman–Crippen LogP) is 3.83. The van der Waals surface area contributed by atoms with Gasteiger partial charge in [-0.1, -0.05) is 35.9 Å². The van der Waals surface area contributed by atoms with E-state index in [0.29, 0.717) is 17.1 Å². The van der Waals surface area contributed by atoms with E-state index in [9.17, 15) is 13.2 Å². The summed E-state index contributed by atoms with van der Waals surface area (Å²) in [7, 11) is -3.47. The summed E-state index contributed by atoms with van der Waals surface area (Å²) < 4.78 is 25.6. The molecule has 5 nitrogen and oxygen atoms in total. The fraction of sp³-hybridized carbons (Fsp3) is 0.278. The minimum atomic E-state index is -3.47. The molecule has 7 heteroatoms. The molecule has 25 heavy (non-hydrogen) atoms. The molecule has 0 fully saturated rings. The van der Waals surface area contributed by atoms with E-state index in [4.69, 9.17) is 11.6 Å². The second kappa shape index (κ2) is 8.36. The van der Waals surface area contributed by atoms with Crippen LogP contribution in [0.2, 0.25) is 5.02 Å². The Bertz CT molecular complexity index is 839. The molecule has 0 saturated carbocycles. The highest BCUT2D eigenvalue weighted by Crippen LogP contribution is 2.26. The van der Waals surface area contributed by atoms with E-state index in [-0.39, 0.29) is 18.9 Å². The lowest BCUT2D eigenvalue weighted by atomic mass is 10.2. The third kappa shape index (κ3) is 5.76. The van der Waals surface area contributed by atoms with Crippen molar-refractivity contribution in [3.8, 4) is 0 Å². The van der Waals surface area contributed by atoms with Crippen LogP contribution in [0, 0.1) is 6.92 Å². The number of para-hydroxylation sites is 1. The molecular formula is C18H21ClN2O3S. The first-order chi connectivity index (χ1) is 11.8. The number of rotatable bonds is 7. The first kappa shape index (κ1) is 19.3. The number of nitrogens with one attached hydrogen (secondary N) is 1. The van der Waals surface area contributed by atoms with Gasteiger partial charge < -0.3 is 5.32 Å². The van der Waals surface area contributed by atoms with E-state index in [1.807, 2.05) is 25.1 Å². The molecule has 0 aliphatic heterocycles. The summed E-state index contributed by atoms with van der Waals surface area (Å²) in [5.74, 6) is -0.150. The third-order valence-electron chi connectivity index (χ3n) is 3.66. The Morgan fingerprint density at radius 1 is 1.16 bits per heavy atom. The van der Waals surface area contributed by atoms with Gasteiger partial charge in [-0.3, -0.25) is 9.10 Å². The Hall–Kier alpha value is -2.05. The van der Waals surface area contributed by atoms with Crippen LogP contribution < -0.4 is 9.62 Å². The first-order valence-electron chi connectivity index (χ1n) is 7.86. The van der Waals surface area contributed by atoms with Gasteiger partial charge in [0.2, 0.25) is 15.9 Å². The van der Waals surface area contributed by atoms with E-state index in [2.05, 4.69) is 5.32 Å². The van der Waals surface area contributed by atoms with E-state index in [1.165, 1.54) is 4.31 Å². The molecule has 0 radical (unpaired) electrons. The Kier molecular flexibility index (Phi) is 6.45. The Balaban J connectivity index is 2.02. The molecule has 1 N–H and O–H groups in total. The minimum absolute atomic E-state index is 0.150. The van der Waals surface area contributed by atoms with Gasteiger partial charge in [0.1, 0.15) is 0 Å². The molecule has 0 spiro atoms. The van der Waals surface area contributed by atoms with Crippen LogP contribution in [0.4, 0.5) is 11.4 Å². The van der Waals surface area contributed by atoms with E-state index in [1.54, 1.807) is 30.3 Å². The predicted molar refractivity (Wildman–Crippen MR) is 103 cm³/mol. The molecule has 0 aromatic heterocycles. The number of hydrogen-bond donors (Lipinski definition) is 1. The van der Waals surface area contributed by atoms with Gasteiger partial charge in [0, 0.05) is 23.7 Å². The van der Waals surface area contributed by atoms with Crippen LogP contribution in [0.25, 0.3) is 0 Å². The molecule has 2 aromatic carbocycles. The monoisotopic (exact) mass is 380 g/mol. The van der Waals surface area contributed by atoms with Crippen LogP contribution in [-0.4, -0.2) is 27.1 Å². The summed E-state index contributed by atoms with van der Waals surface area (Å²) in [6.45, 7) is 2.04. The van der Waals surface area contributed by atoms with Gasteiger partial charge in [0.15, 0.2) is 0 Å². The largest absolute Gasteiger partial charge is 0.326 e. The van der Waals surface area contributed by atoms with Crippen molar-refractivity contribution in [2.75, 3.05) is 22.4 Å². The van der Waals surface area contributed by atoms with Gasteiger partial charge in [0.05, 0.1) is 11.9 Å². The minimum Gasteiger partial charge on any atom is -0.326 e. The number of hydrogen-bond acceptors (Lipinski definition) is 3. The molecule has 2 aromatic rings. The van der Waals surface area contributed by atoms with Crippen LogP contribution in [0.15, 0.2) is 48.5 Å². The van der Waals surface area contributed by atoms with E-state index in [0.717, 1.165) is 17.5 Å². The number of amides is 1. The number of carbonyl (C=O) groups excluding carboxylic acids is 1. The maximum atomic E-state index is 12.1. The lowest BCUT2D eigenvalue weighted by Gasteiger charge is -2.24. The maximum absolute atomic E-state index is 12.1. The summed E-state index contributed by atoms with van der Waals surface area (Å²) in [6, 6.07) is 14.3. The summed E-state index contributed by atoms with van der Waals surface area (Å²) in [6.07, 6.45) is 1.77. The number of sulfonamides is 1. The van der Waals surface area contributed by atoms with Crippen LogP contribution in [0.1, 0.15) is 18.4 Å². The molecule has 0 aliphatic carbocycles. The van der Waals surface area contributed by atoms with Crippen molar-refractivity contribution in [2.24, 2.45) is 0 Å². The summed E-state index contributed by atoms with van der Waals surface area (Å²) >= 11 is 6.00. The summed E-state index contributed by atoms with van der Waals surface area (Å²) in [5, 5.41) is 3.26. The van der Waals surface area contributed by atoms with Gasteiger partial charge in [-0.05, 0) is 43.2 Å². The van der Waals surface area contributed by atoms with Crippen molar-refractivity contribution in [3.05, 3.63) is 59.1 Å². The van der Waals surface area contributed by atoms with Crippen molar-refractivity contribution < 1.29 is 13.2 Å². The topological polar surface area (TPSA) is 66.5 Å². The van der Waals surface area contributed by atoms with Crippen LogP contribution in [0.5, 0.6) is 0 Å². The molecule has 0 unspecified atom stereocenters. The summed E-state index contributed by atoms with van der Waals surface area (Å²) in [4.78, 5) is 12.0. The zero-order valence-corrected chi connectivity index (χ0v) is 15.8. The number of aryl methyl sites for hydroxylation is 1. The van der Waals surface area contributed by atoms with Gasteiger partial charge in [0.25, 0.3) is 0 Å². The zero-order valence-electron chi connectivity index (χ0n) is 14.2. The van der Waals surface area contributed by atoms with Crippen LogP contribution in [-0.2, 0) is 14.8 Å². The van der Waals surface area contributed by atoms with E-state index < -0.39 is 10.0 Å². The Morgan fingerprint density at radius 2 is 1.84 bits per heavy atom. The number of benzene rings is 2. The number of anilines is 2. The molecule has 2 rings (SSSR count). The third-order valence-corrected chi connectivity index (χ3v) is 5.08. The molecule has 0 saturated heterocycles. The highest BCUT2D eigenvalue weighted by atomic mass is 35.5. The average molecular weight is 381 g/mol. The second-order valence-electron chi connectivity index (χ2n) is 5.78. The van der Waals surface area contributed by atoms with Gasteiger partial charge >= 0.3 is 0 Å². The van der Waals surface area contributed by atoms with Crippen molar-refractivity contribution >= 4 is 38.9 Å². The standard InChI is InChI=1S/C18H21ClN2O3S/c1-14-10-11-15(19)13-17(14)21(25(2,23)24)12-6-9-18(22)20-16-7-4-3-5-8-16/h3-5,7-8,10-11,13H,6,9,12H2,1-2H3,(H,20,22). The zero-order chi connectivity index (χ0) is 18.4. The Morgan fingerprint density at radius 3 is 2.48 bits per heavy atom. The van der Waals surface area contributed by atoms with Gasteiger partial charge in [-0.15, -0.1) is 0 Å². The normalized spacial score (nSPS) is 11.2. The highest BCUT2D eigenvalue weighted by Gasteiger charge is 2.19. The molecule has 134 valence electrons. The maximum Gasteiger partial charge on any atom is 0.232 e. The molecule has 1 amide bonds. The fourth-order valence-electron chi connectivity index (χ4n) is 2.44. The van der Waals surface area contributed by atoms with Crippen molar-refractivity contribution in [3.63, 3.8) is 0 Å². The lowest BCUT2D eigenvalue weighted by molar-refractivity contribution is -0.116. The van der Waals surface area contributed by atoms with Crippen LogP contribution >= 0.6 is 11.6 Å². The van der Waals surface area contributed by atoms with Crippen molar-refractivity contribution in [1.29, 1.82) is 0 Å². The van der Waals surface area contributed by atoms with Gasteiger partial charge in [-0.25, -0.2) is 8.42 Å². The molecule has 0 atom stereocenters. The van der Waals surface area contributed by atoms with Crippen molar-refractivity contribution in [2.45, 2.75) is 19.8 Å². The first-order valence-corrected chi connectivity index (χ1v) is 10.1.